The molecule has 8 nitrogen and oxygen atoms in total. The Labute approximate surface area is 191 Å². The Bertz CT molecular complexity index is 1160. The maximum absolute atomic E-state index is 12.9. The van der Waals surface area contributed by atoms with Gasteiger partial charge in [0.25, 0.3) is 11.8 Å². The lowest BCUT2D eigenvalue weighted by atomic mass is 10.1. The number of carbonyl (C=O) groups excluding carboxylic acids is 3. The Hall–Kier alpha value is -4.33. The van der Waals surface area contributed by atoms with Crippen molar-refractivity contribution in [2.45, 2.75) is 6.92 Å². The molecule has 8 heteroatoms. The zero-order valence-corrected chi connectivity index (χ0v) is 18.5. The summed E-state index contributed by atoms with van der Waals surface area (Å²) in [5.74, 6) is -0.592. The van der Waals surface area contributed by atoms with Gasteiger partial charge in [0.05, 0.1) is 14.2 Å². The van der Waals surface area contributed by atoms with Gasteiger partial charge in [-0.2, -0.15) is 0 Å². The number of hydrogen-bond acceptors (Lipinski definition) is 6. The first kappa shape index (κ1) is 23.3. The van der Waals surface area contributed by atoms with E-state index < -0.39 is 11.9 Å². The van der Waals surface area contributed by atoms with Crippen LogP contribution in [0.1, 0.15) is 26.3 Å². The van der Waals surface area contributed by atoms with Crippen molar-refractivity contribution in [3.63, 3.8) is 0 Å². The summed E-state index contributed by atoms with van der Waals surface area (Å²) < 4.78 is 15.2. The molecule has 2 amide bonds. The van der Waals surface area contributed by atoms with Crippen molar-refractivity contribution < 1.29 is 28.6 Å². The molecular formula is C25H24N2O6. The van der Waals surface area contributed by atoms with Crippen LogP contribution in [0.3, 0.4) is 0 Å². The van der Waals surface area contributed by atoms with Gasteiger partial charge >= 0.3 is 5.97 Å². The Morgan fingerprint density at radius 3 is 2.00 bits per heavy atom. The molecule has 0 radical (unpaired) electrons. The number of anilines is 2. The van der Waals surface area contributed by atoms with Gasteiger partial charge in [0, 0.05) is 22.5 Å². The van der Waals surface area contributed by atoms with E-state index in [1.165, 1.54) is 20.3 Å². The topological polar surface area (TPSA) is 103 Å². The fourth-order valence-corrected chi connectivity index (χ4v) is 3.01. The first-order chi connectivity index (χ1) is 15.9. The Kier molecular flexibility index (Phi) is 7.64. The number of benzene rings is 3. The summed E-state index contributed by atoms with van der Waals surface area (Å²) in [7, 11) is 2.71. The van der Waals surface area contributed by atoms with Gasteiger partial charge in [-0.3, -0.25) is 9.59 Å². The summed E-state index contributed by atoms with van der Waals surface area (Å²) in [5, 5.41) is 5.71. The third kappa shape index (κ3) is 5.88. The lowest BCUT2D eigenvalue weighted by molar-refractivity contribution is -0.142. The van der Waals surface area contributed by atoms with Gasteiger partial charge in [-0.25, -0.2) is 4.79 Å². The van der Waals surface area contributed by atoms with E-state index in [1.807, 2.05) is 6.07 Å². The van der Waals surface area contributed by atoms with Crippen molar-refractivity contribution in [2.75, 3.05) is 31.5 Å². The van der Waals surface area contributed by atoms with Crippen LogP contribution in [0, 0.1) is 6.92 Å². The zero-order chi connectivity index (χ0) is 23.8. The molecule has 0 bridgehead atoms. The van der Waals surface area contributed by atoms with Crippen molar-refractivity contribution in [3.05, 3.63) is 83.4 Å². The monoisotopic (exact) mass is 448 g/mol. The van der Waals surface area contributed by atoms with Crippen molar-refractivity contribution >= 4 is 29.2 Å². The van der Waals surface area contributed by atoms with Crippen molar-refractivity contribution in [1.82, 2.24) is 0 Å². The largest absolute Gasteiger partial charge is 0.493 e. The highest BCUT2D eigenvalue weighted by Crippen LogP contribution is 2.29. The number of nitrogens with one attached hydrogen (secondary N) is 2. The molecule has 0 aliphatic heterocycles. The number of carbonyl (C=O) groups is 3. The van der Waals surface area contributed by atoms with E-state index in [-0.39, 0.29) is 18.3 Å². The number of hydrogen-bond donors (Lipinski definition) is 2. The summed E-state index contributed by atoms with van der Waals surface area (Å²) in [4.78, 5) is 36.8. The van der Waals surface area contributed by atoms with Crippen LogP contribution in [0.2, 0.25) is 0 Å². The molecule has 0 aliphatic carbocycles. The molecule has 0 atom stereocenters. The quantitative estimate of drug-likeness (QED) is 0.504. The minimum absolute atomic E-state index is 0.233. The maximum Gasteiger partial charge on any atom is 0.343 e. The van der Waals surface area contributed by atoms with Gasteiger partial charge in [-0.1, -0.05) is 24.3 Å². The lowest BCUT2D eigenvalue weighted by Gasteiger charge is -2.15. The average Bonchev–Trinajstić information content (AvgIpc) is 2.85. The molecule has 3 aromatic rings. The van der Waals surface area contributed by atoms with Gasteiger partial charge in [-0.15, -0.1) is 0 Å². The Morgan fingerprint density at radius 1 is 0.758 bits per heavy atom. The van der Waals surface area contributed by atoms with Crippen LogP contribution < -0.4 is 20.1 Å². The molecule has 3 rings (SSSR count). The molecule has 33 heavy (non-hydrogen) atoms. The molecule has 0 heterocycles. The molecular weight excluding hydrogens is 424 g/mol. The predicted octanol–water partition coefficient (Wildman–Crippen LogP) is 4.06. The molecule has 2 N–H and O–H groups in total. The SMILES string of the molecule is COC(=O)COc1cc(C(=O)Nc2cccc(NC(=O)c3ccccc3)c2C)ccc1OC. The van der Waals surface area contributed by atoms with E-state index in [4.69, 9.17) is 9.47 Å². The number of ether oxygens (including phenoxy) is 3. The normalized spacial score (nSPS) is 10.2. The van der Waals surface area contributed by atoms with Crippen LogP contribution in [0.5, 0.6) is 11.5 Å². The van der Waals surface area contributed by atoms with Gasteiger partial charge in [0.1, 0.15) is 0 Å². The van der Waals surface area contributed by atoms with E-state index in [9.17, 15) is 14.4 Å². The first-order valence-corrected chi connectivity index (χ1v) is 10.1. The Balaban J connectivity index is 1.77. The summed E-state index contributed by atoms with van der Waals surface area (Å²) in [6, 6.07) is 18.7. The van der Waals surface area contributed by atoms with Gasteiger partial charge in [0.15, 0.2) is 18.1 Å². The van der Waals surface area contributed by atoms with Crippen LogP contribution in [0.4, 0.5) is 11.4 Å². The van der Waals surface area contributed by atoms with Crippen molar-refractivity contribution in [1.29, 1.82) is 0 Å². The predicted molar refractivity (Wildman–Crippen MR) is 124 cm³/mol. The first-order valence-electron chi connectivity index (χ1n) is 10.1. The molecule has 3 aromatic carbocycles. The van der Waals surface area contributed by atoms with E-state index in [0.29, 0.717) is 33.8 Å². The van der Waals surface area contributed by atoms with E-state index in [0.717, 1.165) is 0 Å². The van der Waals surface area contributed by atoms with Crippen molar-refractivity contribution in [3.8, 4) is 11.5 Å². The highest BCUT2D eigenvalue weighted by Gasteiger charge is 2.15. The number of esters is 1. The third-order valence-corrected chi connectivity index (χ3v) is 4.87. The molecule has 0 fully saturated rings. The molecule has 0 saturated carbocycles. The second kappa shape index (κ2) is 10.8. The van der Waals surface area contributed by atoms with Crippen LogP contribution >= 0.6 is 0 Å². The smallest absolute Gasteiger partial charge is 0.343 e. The number of rotatable bonds is 8. The van der Waals surface area contributed by atoms with Gasteiger partial charge < -0.3 is 24.8 Å². The molecule has 0 saturated heterocycles. The van der Waals surface area contributed by atoms with Crippen LogP contribution in [-0.2, 0) is 9.53 Å². The van der Waals surface area contributed by atoms with Gasteiger partial charge in [0.2, 0.25) is 0 Å². The van der Waals surface area contributed by atoms with Crippen LogP contribution in [0.15, 0.2) is 66.7 Å². The second-order valence-corrected chi connectivity index (χ2v) is 6.98. The molecule has 170 valence electrons. The maximum atomic E-state index is 12.9. The highest BCUT2D eigenvalue weighted by molar-refractivity contribution is 6.07. The standard InChI is InChI=1S/C25H24N2O6/c1-16-19(26-24(29)17-8-5-4-6-9-17)10-7-11-20(16)27-25(30)18-12-13-21(31-2)22(14-18)33-15-23(28)32-3/h4-14H,15H2,1-3H3,(H,26,29)(H,27,30). The number of amides is 2. The molecule has 0 aromatic heterocycles. The molecule has 0 unspecified atom stereocenters. The summed E-state index contributed by atoms with van der Waals surface area (Å²) in [5.41, 5.74) is 2.65. The van der Waals surface area contributed by atoms with Gasteiger partial charge in [-0.05, 0) is 55.0 Å². The zero-order valence-electron chi connectivity index (χ0n) is 18.5. The molecule has 0 aliphatic rings. The number of methoxy groups -OCH3 is 2. The summed E-state index contributed by atoms with van der Waals surface area (Å²) >= 11 is 0. The average molecular weight is 448 g/mol. The minimum atomic E-state index is -0.558. The highest BCUT2D eigenvalue weighted by atomic mass is 16.6. The summed E-state index contributed by atoms with van der Waals surface area (Å²) in [6.45, 7) is 1.48. The fraction of sp³-hybridized carbons (Fsp3) is 0.160. The second-order valence-electron chi connectivity index (χ2n) is 6.98. The lowest BCUT2D eigenvalue weighted by Crippen LogP contribution is -2.16. The van der Waals surface area contributed by atoms with Crippen LogP contribution in [-0.4, -0.2) is 38.6 Å². The van der Waals surface area contributed by atoms with Crippen molar-refractivity contribution in [2.24, 2.45) is 0 Å². The fourth-order valence-electron chi connectivity index (χ4n) is 3.01. The van der Waals surface area contributed by atoms with E-state index in [1.54, 1.807) is 61.5 Å². The third-order valence-electron chi connectivity index (χ3n) is 4.87. The summed E-state index contributed by atoms with van der Waals surface area (Å²) in [6.07, 6.45) is 0. The van der Waals surface area contributed by atoms with E-state index >= 15 is 0 Å². The van der Waals surface area contributed by atoms with Crippen LogP contribution in [0.25, 0.3) is 0 Å². The minimum Gasteiger partial charge on any atom is -0.493 e. The molecule has 0 spiro atoms. The van der Waals surface area contributed by atoms with E-state index in [2.05, 4.69) is 15.4 Å². The Morgan fingerprint density at radius 2 is 1.39 bits per heavy atom.